The molecule has 1 aliphatic carbocycles. The van der Waals surface area contributed by atoms with E-state index in [1.165, 1.54) is 0 Å². The molecule has 2 rings (SSSR count). The molecule has 0 aromatic rings. The first-order valence-corrected chi connectivity index (χ1v) is 6.75. The average molecular weight is 240 g/mol. The molecule has 17 heavy (non-hydrogen) atoms. The summed E-state index contributed by atoms with van der Waals surface area (Å²) >= 11 is 0. The van der Waals surface area contributed by atoms with Gasteiger partial charge in [-0.3, -0.25) is 4.79 Å². The number of ether oxygens (including phenoxy) is 1. The van der Waals surface area contributed by atoms with Crippen LogP contribution in [0.4, 0.5) is 0 Å². The summed E-state index contributed by atoms with van der Waals surface area (Å²) in [5.74, 6) is 0.435. The molecule has 1 aliphatic heterocycles. The molecule has 1 saturated carbocycles. The third-order valence-corrected chi connectivity index (χ3v) is 3.99. The molecule has 0 spiro atoms. The maximum atomic E-state index is 12.5. The summed E-state index contributed by atoms with van der Waals surface area (Å²) < 4.78 is 5.46. The fourth-order valence-electron chi connectivity index (χ4n) is 3.10. The van der Waals surface area contributed by atoms with Crippen LogP contribution in [0.2, 0.25) is 0 Å². The Hall–Kier alpha value is -0.610. The zero-order chi connectivity index (χ0) is 12.4. The molecular formula is C13H24N2O2. The maximum absolute atomic E-state index is 12.5. The molecule has 1 heterocycles. The summed E-state index contributed by atoms with van der Waals surface area (Å²) in [6.45, 7) is 5.45. The summed E-state index contributed by atoms with van der Waals surface area (Å²) in [7, 11) is 0. The summed E-state index contributed by atoms with van der Waals surface area (Å²) in [5, 5.41) is 0. The lowest BCUT2D eigenvalue weighted by Gasteiger charge is -2.41. The van der Waals surface area contributed by atoms with Gasteiger partial charge in [-0.2, -0.15) is 0 Å². The normalized spacial score (nSPS) is 39.1. The Balaban J connectivity index is 2.02. The molecule has 4 atom stereocenters. The summed E-state index contributed by atoms with van der Waals surface area (Å²) in [6, 6.07) is 0.609. The molecule has 4 heteroatoms. The van der Waals surface area contributed by atoms with E-state index in [1.807, 2.05) is 4.90 Å². The van der Waals surface area contributed by atoms with Crippen molar-refractivity contribution in [2.45, 2.75) is 57.7 Å². The van der Waals surface area contributed by atoms with E-state index in [0.29, 0.717) is 19.1 Å². The minimum Gasteiger partial charge on any atom is -0.377 e. The number of morpholine rings is 1. The number of carbonyl (C=O) groups excluding carboxylic acids is 1. The maximum Gasteiger partial charge on any atom is 0.226 e. The molecule has 0 aromatic heterocycles. The van der Waals surface area contributed by atoms with Gasteiger partial charge in [0.2, 0.25) is 5.91 Å². The second-order valence-electron chi connectivity index (χ2n) is 5.60. The third kappa shape index (κ3) is 2.80. The van der Waals surface area contributed by atoms with Gasteiger partial charge in [0.15, 0.2) is 0 Å². The third-order valence-electron chi connectivity index (χ3n) is 3.99. The molecule has 2 aliphatic rings. The van der Waals surface area contributed by atoms with Crippen molar-refractivity contribution in [3.8, 4) is 0 Å². The Morgan fingerprint density at radius 3 is 2.47 bits per heavy atom. The van der Waals surface area contributed by atoms with Crippen molar-refractivity contribution in [2.75, 3.05) is 13.2 Å². The van der Waals surface area contributed by atoms with E-state index < -0.39 is 0 Å². The van der Waals surface area contributed by atoms with Crippen molar-refractivity contribution in [3.05, 3.63) is 0 Å². The van der Waals surface area contributed by atoms with Crippen LogP contribution in [-0.2, 0) is 9.53 Å². The van der Waals surface area contributed by atoms with Crippen LogP contribution in [0.5, 0.6) is 0 Å². The molecule has 4 unspecified atom stereocenters. The Morgan fingerprint density at radius 2 is 1.88 bits per heavy atom. The molecule has 1 amide bonds. The predicted octanol–water partition coefficient (Wildman–Crippen LogP) is 1.14. The molecule has 0 bridgehead atoms. The van der Waals surface area contributed by atoms with Crippen LogP contribution in [0.3, 0.4) is 0 Å². The van der Waals surface area contributed by atoms with Gasteiger partial charge >= 0.3 is 0 Å². The molecule has 0 radical (unpaired) electrons. The highest BCUT2D eigenvalue weighted by molar-refractivity contribution is 5.79. The van der Waals surface area contributed by atoms with Crippen molar-refractivity contribution in [1.82, 2.24) is 4.90 Å². The van der Waals surface area contributed by atoms with Gasteiger partial charge in [-0.15, -0.1) is 0 Å². The lowest BCUT2D eigenvalue weighted by Crippen LogP contribution is -2.55. The Bertz CT molecular complexity index is 273. The van der Waals surface area contributed by atoms with Gasteiger partial charge < -0.3 is 15.4 Å². The summed E-state index contributed by atoms with van der Waals surface area (Å²) in [4.78, 5) is 14.6. The molecule has 4 nitrogen and oxygen atoms in total. The van der Waals surface area contributed by atoms with Gasteiger partial charge in [0.25, 0.3) is 0 Å². The molecule has 1 saturated heterocycles. The standard InChI is InChI=1S/C13H24N2O2/c1-9-7-17-8-10(2)15(9)13(16)11-4-3-5-12(14)6-11/h9-12H,3-8,14H2,1-2H3. The van der Waals surface area contributed by atoms with Gasteiger partial charge in [-0.25, -0.2) is 0 Å². The number of amides is 1. The van der Waals surface area contributed by atoms with Gasteiger partial charge in [-0.1, -0.05) is 6.42 Å². The van der Waals surface area contributed by atoms with Crippen LogP contribution in [0.25, 0.3) is 0 Å². The Kier molecular flexibility index (Phi) is 4.05. The van der Waals surface area contributed by atoms with Crippen molar-refractivity contribution in [3.63, 3.8) is 0 Å². The van der Waals surface area contributed by atoms with E-state index in [9.17, 15) is 4.79 Å². The van der Waals surface area contributed by atoms with E-state index in [1.54, 1.807) is 0 Å². The first-order valence-electron chi connectivity index (χ1n) is 6.75. The zero-order valence-corrected chi connectivity index (χ0v) is 10.9. The van der Waals surface area contributed by atoms with Gasteiger partial charge in [-0.05, 0) is 33.1 Å². The van der Waals surface area contributed by atoms with E-state index in [4.69, 9.17) is 10.5 Å². The van der Waals surface area contributed by atoms with Crippen LogP contribution in [0.15, 0.2) is 0 Å². The van der Waals surface area contributed by atoms with Crippen molar-refractivity contribution in [1.29, 1.82) is 0 Å². The number of hydrogen-bond acceptors (Lipinski definition) is 3. The Morgan fingerprint density at radius 1 is 1.24 bits per heavy atom. The lowest BCUT2D eigenvalue weighted by molar-refractivity contribution is -0.149. The topological polar surface area (TPSA) is 55.6 Å². The highest BCUT2D eigenvalue weighted by atomic mass is 16.5. The van der Waals surface area contributed by atoms with Crippen LogP contribution in [0.1, 0.15) is 39.5 Å². The molecule has 2 fully saturated rings. The SMILES string of the molecule is CC1COCC(C)N1C(=O)C1CCCC(N)C1. The number of carbonyl (C=O) groups is 1. The average Bonchev–Trinajstić information content (AvgIpc) is 2.28. The molecule has 98 valence electrons. The van der Waals surface area contributed by atoms with E-state index in [2.05, 4.69) is 13.8 Å². The minimum atomic E-state index is 0.141. The summed E-state index contributed by atoms with van der Waals surface area (Å²) in [5.41, 5.74) is 5.97. The van der Waals surface area contributed by atoms with Gasteiger partial charge in [0.05, 0.1) is 25.3 Å². The number of nitrogens with zero attached hydrogens (tertiary/aromatic N) is 1. The van der Waals surface area contributed by atoms with Crippen molar-refractivity contribution < 1.29 is 9.53 Å². The number of rotatable bonds is 1. The van der Waals surface area contributed by atoms with Gasteiger partial charge in [0.1, 0.15) is 0 Å². The highest BCUT2D eigenvalue weighted by Crippen LogP contribution is 2.27. The predicted molar refractivity (Wildman–Crippen MR) is 66.5 cm³/mol. The summed E-state index contributed by atoms with van der Waals surface area (Å²) in [6.07, 6.45) is 4.02. The zero-order valence-electron chi connectivity index (χ0n) is 10.9. The van der Waals surface area contributed by atoms with Crippen molar-refractivity contribution >= 4 is 5.91 Å². The smallest absolute Gasteiger partial charge is 0.226 e. The molecule has 0 aromatic carbocycles. The van der Waals surface area contributed by atoms with Crippen LogP contribution in [0, 0.1) is 5.92 Å². The fraction of sp³-hybridized carbons (Fsp3) is 0.923. The molecular weight excluding hydrogens is 216 g/mol. The van der Waals surface area contributed by atoms with Gasteiger partial charge in [0, 0.05) is 12.0 Å². The highest BCUT2D eigenvalue weighted by Gasteiger charge is 2.35. The second-order valence-corrected chi connectivity index (χ2v) is 5.60. The quantitative estimate of drug-likeness (QED) is 0.748. The van der Waals surface area contributed by atoms with Crippen molar-refractivity contribution in [2.24, 2.45) is 11.7 Å². The van der Waals surface area contributed by atoms with Crippen LogP contribution >= 0.6 is 0 Å². The number of hydrogen-bond donors (Lipinski definition) is 1. The van der Waals surface area contributed by atoms with Crippen LogP contribution in [-0.4, -0.2) is 42.1 Å². The fourth-order valence-corrected chi connectivity index (χ4v) is 3.10. The molecule has 2 N–H and O–H groups in total. The van der Waals surface area contributed by atoms with Crippen LogP contribution < -0.4 is 5.73 Å². The van der Waals surface area contributed by atoms with E-state index in [0.717, 1.165) is 25.7 Å². The minimum absolute atomic E-state index is 0.141. The second kappa shape index (κ2) is 5.36. The first-order chi connectivity index (χ1) is 8.09. The largest absolute Gasteiger partial charge is 0.377 e. The number of nitrogens with two attached hydrogens (primary N) is 1. The monoisotopic (exact) mass is 240 g/mol. The van der Waals surface area contributed by atoms with E-state index in [-0.39, 0.29) is 24.0 Å². The van der Waals surface area contributed by atoms with E-state index >= 15 is 0 Å². The lowest BCUT2D eigenvalue weighted by atomic mass is 9.84. The first kappa shape index (κ1) is 12.8. The Labute approximate surface area is 103 Å².